The number of benzene rings is 1. The topological polar surface area (TPSA) is 41.1 Å². The molecule has 0 aliphatic carbocycles. The van der Waals surface area contributed by atoms with Crippen LogP contribution < -0.4 is 10.6 Å². The first-order chi connectivity index (χ1) is 11.1. The van der Waals surface area contributed by atoms with Crippen LogP contribution in [0.25, 0.3) is 0 Å². The first-order valence-electron chi connectivity index (χ1n) is 8.77. The third-order valence-corrected chi connectivity index (χ3v) is 5.67. The van der Waals surface area contributed by atoms with E-state index in [4.69, 9.17) is 0 Å². The molecule has 5 heteroatoms. The van der Waals surface area contributed by atoms with E-state index in [0.29, 0.717) is 17.6 Å². The molecule has 1 aliphatic rings. The summed E-state index contributed by atoms with van der Waals surface area (Å²) in [4.78, 5) is 12.3. The molecular formula is C19H31ClN2OS. The smallest absolute Gasteiger partial charge is 0.224 e. The summed E-state index contributed by atoms with van der Waals surface area (Å²) in [7, 11) is 0. The number of hydrogen-bond acceptors (Lipinski definition) is 3. The summed E-state index contributed by atoms with van der Waals surface area (Å²) in [6.07, 6.45) is 4.05. The fourth-order valence-corrected chi connectivity index (χ4v) is 3.78. The van der Waals surface area contributed by atoms with Crippen molar-refractivity contribution in [1.29, 1.82) is 0 Å². The van der Waals surface area contributed by atoms with Crippen molar-refractivity contribution in [3.8, 4) is 0 Å². The van der Waals surface area contributed by atoms with Crippen LogP contribution in [0.15, 0.2) is 18.2 Å². The molecule has 2 N–H and O–H groups in total. The Morgan fingerprint density at radius 2 is 2.04 bits per heavy atom. The van der Waals surface area contributed by atoms with Crippen LogP contribution in [-0.4, -0.2) is 24.2 Å². The molecule has 24 heavy (non-hydrogen) atoms. The van der Waals surface area contributed by atoms with Gasteiger partial charge >= 0.3 is 0 Å². The highest BCUT2D eigenvalue weighted by atomic mass is 35.5. The van der Waals surface area contributed by atoms with E-state index in [1.54, 1.807) is 0 Å². The average molecular weight is 371 g/mol. The van der Waals surface area contributed by atoms with E-state index in [-0.39, 0.29) is 18.3 Å². The van der Waals surface area contributed by atoms with E-state index < -0.39 is 0 Å². The zero-order valence-corrected chi connectivity index (χ0v) is 16.7. The number of thioether (sulfide) groups is 1. The van der Waals surface area contributed by atoms with Gasteiger partial charge in [-0.15, -0.1) is 12.4 Å². The second-order valence-corrected chi connectivity index (χ2v) is 8.29. The van der Waals surface area contributed by atoms with Crippen LogP contribution in [-0.2, 0) is 10.5 Å². The number of halogens is 1. The molecule has 1 aliphatic heterocycles. The Labute approximate surface area is 157 Å². The summed E-state index contributed by atoms with van der Waals surface area (Å²) in [6, 6.07) is 6.22. The molecule has 1 heterocycles. The Balaban J connectivity index is 0.00000288. The lowest BCUT2D eigenvalue weighted by molar-refractivity contribution is -0.116. The van der Waals surface area contributed by atoms with Crippen molar-refractivity contribution in [2.24, 2.45) is 5.92 Å². The van der Waals surface area contributed by atoms with Gasteiger partial charge in [-0.05, 0) is 67.6 Å². The zero-order valence-electron chi connectivity index (χ0n) is 15.1. The maximum atomic E-state index is 12.3. The van der Waals surface area contributed by atoms with Crippen LogP contribution in [0.3, 0.4) is 0 Å². The highest BCUT2D eigenvalue weighted by molar-refractivity contribution is 7.99. The van der Waals surface area contributed by atoms with Crippen molar-refractivity contribution in [3.05, 3.63) is 29.3 Å². The minimum atomic E-state index is 0. The number of carbonyl (C=O) groups excluding carboxylic acids is 1. The maximum Gasteiger partial charge on any atom is 0.224 e. The molecule has 0 bridgehead atoms. The summed E-state index contributed by atoms with van der Waals surface area (Å²) >= 11 is 1.94. The van der Waals surface area contributed by atoms with Crippen molar-refractivity contribution < 1.29 is 4.79 Å². The maximum absolute atomic E-state index is 12.3. The molecule has 0 atom stereocenters. The second-order valence-electron chi connectivity index (χ2n) is 6.73. The van der Waals surface area contributed by atoms with Gasteiger partial charge in [-0.1, -0.05) is 26.0 Å². The Morgan fingerprint density at radius 3 is 2.71 bits per heavy atom. The molecule has 2 rings (SSSR count). The van der Waals surface area contributed by atoms with E-state index in [2.05, 4.69) is 37.5 Å². The van der Waals surface area contributed by atoms with Gasteiger partial charge in [0, 0.05) is 17.9 Å². The molecule has 0 saturated carbocycles. The van der Waals surface area contributed by atoms with Gasteiger partial charge < -0.3 is 10.6 Å². The van der Waals surface area contributed by atoms with Gasteiger partial charge in [0.05, 0.1) is 0 Å². The largest absolute Gasteiger partial charge is 0.326 e. The van der Waals surface area contributed by atoms with Gasteiger partial charge in [0.1, 0.15) is 0 Å². The Morgan fingerprint density at radius 1 is 1.33 bits per heavy atom. The molecule has 136 valence electrons. The van der Waals surface area contributed by atoms with Crippen LogP contribution in [0.4, 0.5) is 5.69 Å². The third-order valence-electron chi connectivity index (χ3n) is 4.53. The molecule has 0 unspecified atom stereocenters. The summed E-state index contributed by atoms with van der Waals surface area (Å²) in [6.45, 7) is 8.74. The SMILES string of the molecule is Cc1c(CSC(C)C)cccc1NC(=O)CCC1CCNCC1.Cl. The number of amides is 1. The monoisotopic (exact) mass is 370 g/mol. The molecule has 1 aromatic carbocycles. The molecule has 1 fully saturated rings. The van der Waals surface area contributed by atoms with E-state index in [9.17, 15) is 4.79 Å². The number of carbonyl (C=O) groups is 1. The minimum Gasteiger partial charge on any atom is -0.326 e. The third kappa shape index (κ3) is 7.04. The highest BCUT2D eigenvalue weighted by Gasteiger charge is 2.15. The second kappa shape index (κ2) is 11.0. The van der Waals surface area contributed by atoms with Gasteiger partial charge in [-0.2, -0.15) is 11.8 Å². The predicted octanol–water partition coefficient (Wildman–Crippen LogP) is 4.78. The number of rotatable bonds is 7. The molecule has 1 aromatic rings. The lowest BCUT2D eigenvalue weighted by Gasteiger charge is -2.22. The average Bonchev–Trinajstić information content (AvgIpc) is 2.54. The van der Waals surface area contributed by atoms with Gasteiger partial charge in [0.25, 0.3) is 0 Å². The Kier molecular flexibility index (Phi) is 9.79. The molecule has 0 radical (unpaired) electrons. The van der Waals surface area contributed by atoms with Gasteiger partial charge in [-0.3, -0.25) is 4.79 Å². The lowest BCUT2D eigenvalue weighted by Crippen LogP contribution is -2.28. The van der Waals surface area contributed by atoms with Crippen LogP contribution in [0.2, 0.25) is 0 Å². The van der Waals surface area contributed by atoms with E-state index >= 15 is 0 Å². The molecule has 1 amide bonds. The van der Waals surface area contributed by atoms with Crippen LogP contribution in [0.5, 0.6) is 0 Å². The fraction of sp³-hybridized carbons (Fsp3) is 0.632. The first-order valence-corrected chi connectivity index (χ1v) is 9.81. The van der Waals surface area contributed by atoms with E-state index in [1.807, 2.05) is 23.9 Å². The number of nitrogens with one attached hydrogen (secondary N) is 2. The Bertz CT molecular complexity index is 516. The Hall–Kier alpha value is -0.710. The van der Waals surface area contributed by atoms with Crippen molar-refractivity contribution in [1.82, 2.24) is 5.32 Å². The van der Waals surface area contributed by atoms with E-state index in [0.717, 1.165) is 31.0 Å². The number of hydrogen-bond donors (Lipinski definition) is 2. The standard InChI is InChI=1S/C19H30N2OS.ClH/c1-14(2)23-13-17-5-4-6-18(15(17)3)21-19(22)8-7-16-9-11-20-12-10-16;/h4-6,14,16,20H,7-13H2,1-3H3,(H,21,22);1H. The highest BCUT2D eigenvalue weighted by Crippen LogP contribution is 2.25. The lowest BCUT2D eigenvalue weighted by atomic mass is 9.93. The van der Waals surface area contributed by atoms with Crippen molar-refractivity contribution in [2.45, 2.75) is 57.5 Å². The summed E-state index contributed by atoms with van der Waals surface area (Å²) in [5.41, 5.74) is 3.50. The van der Waals surface area contributed by atoms with Crippen molar-refractivity contribution >= 4 is 35.8 Å². The zero-order chi connectivity index (χ0) is 16.7. The summed E-state index contributed by atoms with van der Waals surface area (Å²) < 4.78 is 0. The normalized spacial score (nSPS) is 15.2. The number of piperidine rings is 1. The first kappa shape index (κ1) is 21.3. The predicted molar refractivity (Wildman–Crippen MR) is 108 cm³/mol. The molecule has 0 aromatic heterocycles. The van der Waals surface area contributed by atoms with Crippen LogP contribution >= 0.6 is 24.2 Å². The van der Waals surface area contributed by atoms with E-state index in [1.165, 1.54) is 24.0 Å². The molecule has 1 saturated heterocycles. The number of anilines is 1. The molecule has 3 nitrogen and oxygen atoms in total. The van der Waals surface area contributed by atoms with Crippen LogP contribution in [0, 0.1) is 12.8 Å². The van der Waals surface area contributed by atoms with Gasteiger partial charge in [0.2, 0.25) is 5.91 Å². The van der Waals surface area contributed by atoms with Gasteiger partial charge in [0.15, 0.2) is 0 Å². The molecule has 0 spiro atoms. The van der Waals surface area contributed by atoms with Crippen LogP contribution in [0.1, 0.15) is 50.7 Å². The van der Waals surface area contributed by atoms with Crippen molar-refractivity contribution in [3.63, 3.8) is 0 Å². The summed E-state index contributed by atoms with van der Waals surface area (Å²) in [5, 5.41) is 7.11. The quantitative estimate of drug-likeness (QED) is 0.725. The fourth-order valence-electron chi connectivity index (χ4n) is 2.95. The molecular weight excluding hydrogens is 340 g/mol. The van der Waals surface area contributed by atoms with Crippen molar-refractivity contribution in [2.75, 3.05) is 18.4 Å². The summed E-state index contributed by atoms with van der Waals surface area (Å²) in [5.74, 6) is 1.86. The minimum absolute atomic E-state index is 0. The van der Waals surface area contributed by atoms with Gasteiger partial charge in [-0.25, -0.2) is 0 Å².